The van der Waals surface area contributed by atoms with E-state index in [1.807, 2.05) is 30.3 Å². The van der Waals surface area contributed by atoms with Gasteiger partial charge in [0.2, 0.25) is 11.8 Å². The van der Waals surface area contributed by atoms with Crippen molar-refractivity contribution in [2.45, 2.75) is 6.54 Å². The third-order valence-corrected chi connectivity index (χ3v) is 2.34. The van der Waals surface area contributed by atoms with Crippen molar-refractivity contribution in [3.63, 3.8) is 0 Å². The van der Waals surface area contributed by atoms with Crippen molar-refractivity contribution in [3.05, 3.63) is 35.9 Å². The maximum absolute atomic E-state index is 11.5. The van der Waals surface area contributed by atoms with Crippen LogP contribution in [0.25, 0.3) is 0 Å². The maximum atomic E-state index is 11.5. The predicted molar refractivity (Wildman–Crippen MR) is 69.8 cm³/mol. The van der Waals surface area contributed by atoms with Gasteiger partial charge in [-0.3, -0.25) is 9.59 Å². The first-order chi connectivity index (χ1) is 8.25. The van der Waals surface area contributed by atoms with E-state index in [4.69, 9.17) is 0 Å². The molecule has 1 heterocycles. The highest BCUT2D eigenvalue weighted by molar-refractivity contribution is 7.79. The largest absolute Gasteiger partial charge is 0.345 e. The molecular weight excluding hydrogens is 236 g/mol. The Hall–Kier alpha value is -1.49. The van der Waals surface area contributed by atoms with Crippen LogP contribution in [0.5, 0.6) is 0 Å². The van der Waals surface area contributed by atoms with Gasteiger partial charge in [-0.05, 0) is 11.8 Å². The fourth-order valence-corrected chi connectivity index (χ4v) is 1.55. The van der Waals surface area contributed by atoms with E-state index in [0.717, 1.165) is 5.56 Å². The molecular formula is C12H16N2O2S. The van der Waals surface area contributed by atoms with E-state index in [2.05, 4.69) is 17.9 Å². The summed E-state index contributed by atoms with van der Waals surface area (Å²) < 4.78 is 0. The Kier molecular flexibility index (Phi) is 5.56. The van der Waals surface area contributed by atoms with Gasteiger partial charge in [0.15, 0.2) is 0 Å². The van der Waals surface area contributed by atoms with Crippen LogP contribution in [0.3, 0.4) is 0 Å². The molecule has 0 unspecified atom stereocenters. The second kappa shape index (κ2) is 6.96. The van der Waals surface area contributed by atoms with Crippen LogP contribution in [0.1, 0.15) is 5.56 Å². The van der Waals surface area contributed by atoms with Crippen LogP contribution in [0.2, 0.25) is 0 Å². The zero-order valence-electron chi connectivity index (χ0n) is 9.72. The Morgan fingerprint density at radius 2 is 1.88 bits per heavy atom. The van der Waals surface area contributed by atoms with Gasteiger partial charge in [0, 0.05) is 6.54 Å². The molecule has 4 nitrogen and oxygen atoms in total. The van der Waals surface area contributed by atoms with Gasteiger partial charge in [0.25, 0.3) is 0 Å². The number of hydrogen-bond acceptors (Lipinski definition) is 3. The normalized spacial score (nSPS) is 14.8. The average molecular weight is 252 g/mol. The molecule has 5 heteroatoms. The number of hydrogen-bond donors (Lipinski definition) is 2. The van der Waals surface area contributed by atoms with Gasteiger partial charge < -0.3 is 10.2 Å². The molecule has 92 valence electrons. The van der Waals surface area contributed by atoms with Crippen molar-refractivity contribution in [3.8, 4) is 0 Å². The van der Waals surface area contributed by atoms with Crippen molar-refractivity contribution in [1.82, 2.24) is 10.2 Å². The Bertz CT molecular complexity index is 381. The zero-order chi connectivity index (χ0) is 12.7. The van der Waals surface area contributed by atoms with Crippen LogP contribution in [-0.4, -0.2) is 36.1 Å². The van der Waals surface area contributed by atoms with Gasteiger partial charge in [-0.2, -0.15) is 12.6 Å². The predicted octanol–water partition coefficient (Wildman–Crippen LogP) is 0.691. The lowest BCUT2D eigenvalue weighted by molar-refractivity contribution is -0.141. The molecule has 17 heavy (non-hydrogen) atoms. The molecule has 0 aliphatic carbocycles. The Labute approximate surface area is 106 Å². The van der Waals surface area contributed by atoms with E-state index in [0.29, 0.717) is 6.54 Å². The average Bonchev–Trinajstić information content (AvgIpc) is 2.38. The quantitative estimate of drug-likeness (QED) is 0.761. The number of rotatable bonds is 2. The number of thiol groups is 1. The molecule has 0 aromatic heterocycles. The number of benzene rings is 1. The van der Waals surface area contributed by atoms with Gasteiger partial charge >= 0.3 is 0 Å². The molecule has 1 saturated heterocycles. The third kappa shape index (κ3) is 4.11. The second-order valence-corrected chi connectivity index (χ2v) is 3.51. The topological polar surface area (TPSA) is 49.4 Å². The van der Waals surface area contributed by atoms with E-state index in [9.17, 15) is 9.59 Å². The lowest BCUT2D eigenvalue weighted by Crippen LogP contribution is -2.50. The molecule has 0 bridgehead atoms. The molecule has 0 radical (unpaired) electrons. The number of amides is 2. The molecule has 0 atom stereocenters. The van der Waals surface area contributed by atoms with Gasteiger partial charge in [-0.25, -0.2) is 0 Å². The molecule has 1 N–H and O–H groups in total. The Balaban J connectivity index is 0.000000686. The van der Waals surface area contributed by atoms with Gasteiger partial charge in [0.1, 0.15) is 0 Å². The summed E-state index contributed by atoms with van der Waals surface area (Å²) in [6, 6.07) is 9.65. The summed E-state index contributed by atoms with van der Waals surface area (Å²) >= 11 is 3.53. The van der Waals surface area contributed by atoms with Crippen molar-refractivity contribution in [2.75, 3.05) is 19.3 Å². The molecule has 0 saturated carbocycles. The van der Waals surface area contributed by atoms with Gasteiger partial charge in [-0.1, -0.05) is 30.3 Å². The van der Waals surface area contributed by atoms with Crippen LogP contribution in [0, 0.1) is 0 Å². The van der Waals surface area contributed by atoms with Crippen molar-refractivity contribution in [2.24, 2.45) is 0 Å². The highest BCUT2D eigenvalue weighted by Gasteiger charge is 2.22. The summed E-state index contributed by atoms with van der Waals surface area (Å²) in [6.45, 7) is 0.784. The third-order valence-electron chi connectivity index (χ3n) is 2.34. The molecule has 0 spiro atoms. The van der Waals surface area contributed by atoms with Gasteiger partial charge in [-0.15, -0.1) is 0 Å². The van der Waals surface area contributed by atoms with E-state index >= 15 is 0 Å². The van der Waals surface area contributed by atoms with Crippen molar-refractivity contribution >= 4 is 24.4 Å². The highest BCUT2D eigenvalue weighted by atomic mass is 32.1. The minimum absolute atomic E-state index is 0.0292. The molecule has 1 aliphatic heterocycles. The van der Waals surface area contributed by atoms with E-state index in [1.54, 1.807) is 11.2 Å². The Morgan fingerprint density at radius 1 is 1.24 bits per heavy atom. The monoisotopic (exact) mass is 252 g/mol. The lowest BCUT2D eigenvalue weighted by Gasteiger charge is -2.26. The van der Waals surface area contributed by atoms with Crippen LogP contribution in [0.4, 0.5) is 0 Å². The first-order valence-corrected chi connectivity index (χ1v) is 6.18. The summed E-state index contributed by atoms with van der Waals surface area (Å²) in [7, 11) is 0. The molecule has 1 aromatic carbocycles. The number of carbonyl (C=O) groups excluding carboxylic acids is 2. The second-order valence-electron chi connectivity index (χ2n) is 3.51. The van der Waals surface area contributed by atoms with Crippen LogP contribution in [-0.2, 0) is 16.1 Å². The first-order valence-electron chi connectivity index (χ1n) is 5.29. The molecule has 2 amide bonds. The number of nitrogens with one attached hydrogen (secondary N) is 1. The molecule has 1 aromatic rings. The molecule has 2 rings (SSSR count). The number of carbonyl (C=O) groups is 2. The SMILES string of the molecule is CS.O=C1CN(Cc2ccccc2)C(=O)CN1. The maximum Gasteiger partial charge on any atom is 0.242 e. The Morgan fingerprint density at radius 3 is 2.53 bits per heavy atom. The van der Waals surface area contributed by atoms with Crippen LogP contribution in [0.15, 0.2) is 30.3 Å². The number of nitrogens with zero attached hydrogens (tertiary/aromatic N) is 1. The van der Waals surface area contributed by atoms with Crippen LogP contribution < -0.4 is 5.32 Å². The van der Waals surface area contributed by atoms with E-state index in [1.165, 1.54) is 0 Å². The number of piperazine rings is 1. The highest BCUT2D eigenvalue weighted by Crippen LogP contribution is 2.05. The standard InChI is InChI=1S/C11H12N2O2.CH4S/c14-10-8-13(11(15)6-12-10)7-9-4-2-1-3-5-9;1-2/h1-5H,6-8H2,(H,12,14);2H,1H3. The lowest BCUT2D eigenvalue weighted by atomic mass is 10.2. The fourth-order valence-electron chi connectivity index (χ4n) is 1.55. The van der Waals surface area contributed by atoms with E-state index < -0.39 is 0 Å². The first kappa shape index (κ1) is 13.6. The molecule has 1 aliphatic rings. The summed E-state index contributed by atoms with van der Waals surface area (Å²) in [5, 5.41) is 2.52. The minimum atomic E-state index is -0.0921. The summed E-state index contributed by atoms with van der Waals surface area (Å²) in [5.41, 5.74) is 1.04. The summed E-state index contributed by atoms with van der Waals surface area (Å²) in [4.78, 5) is 24.1. The molecule has 1 fully saturated rings. The smallest absolute Gasteiger partial charge is 0.242 e. The summed E-state index contributed by atoms with van der Waals surface area (Å²) in [5.74, 6) is -0.121. The van der Waals surface area contributed by atoms with E-state index in [-0.39, 0.29) is 24.9 Å². The van der Waals surface area contributed by atoms with Crippen molar-refractivity contribution < 1.29 is 9.59 Å². The zero-order valence-corrected chi connectivity index (χ0v) is 10.6. The van der Waals surface area contributed by atoms with Crippen molar-refractivity contribution in [1.29, 1.82) is 0 Å². The minimum Gasteiger partial charge on any atom is -0.345 e. The van der Waals surface area contributed by atoms with Crippen LogP contribution >= 0.6 is 12.6 Å². The fraction of sp³-hybridized carbons (Fsp3) is 0.333. The van der Waals surface area contributed by atoms with Gasteiger partial charge in [0.05, 0.1) is 13.1 Å². The summed E-state index contributed by atoms with van der Waals surface area (Å²) in [6.07, 6.45) is 1.69.